The third kappa shape index (κ3) is 4.19. The quantitative estimate of drug-likeness (QED) is 0.595. The highest BCUT2D eigenvalue weighted by molar-refractivity contribution is 5.91. The highest BCUT2D eigenvalue weighted by atomic mass is 19.1. The highest BCUT2D eigenvalue weighted by Gasteiger charge is 2.14. The summed E-state index contributed by atoms with van der Waals surface area (Å²) in [5.41, 5.74) is 1.30. The minimum atomic E-state index is -0.806. The van der Waals surface area contributed by atoms with Gasteiger partial charge in [0.2, 0.25) is 0 Å². The summed E-state index contributed by atoms with van der Waals surface area (Å²) in [6, 6.07) is 4.23. The van der Waals surface area contributed by atoms with Crippen LogP contribution < -0.4 is 0 Å². The maximum absolute atomic E-state index is 14.0. The average molecular weight is 360 g/mol. The zero-order chi connectivity index (χ0) is 18.5. The molecule has 0 aliphatic rings. The zero-order valence-electron chi connectivity index (χ0n) is 14.0. The van der Waals surface area contributed by atoms with Gasteiger partial charge < -0.3 is 5.11 Å². The number of unbranched alkanes of at least 4 members (excludes halogenated alkanes) is 3. The maximum Gasteiger partial charge on any atom is 0.303 e. The number of H-pyrrole nitrogens is 1. The molecule has 0 amide bonds. The van der Waals surface area contributed by atoms with Crippen LogP contribution in [0.4, 0.5) is 8.78 Å². The summed E-state index contributed by atoms with van der Waals surface area (Å²) in [5, 5.41) is 16.0. The summed E-state index contributed by atoms with van der Waals surface area (Å²) < 4.78 is 27.5. The molecule has 0 aliphatic carbocycles. The van der Waals surface area contributed by atoms with Crippen LogP contribution in [-0.4, -0.2) is 31.2 Å². The van der Waals surface area contributed by atoms with Gasteiger partial charge in [0.25, 0.3) is 0 Å². The predicted molar refractivity (Wildman–Crippen MR) is 91.5 cm³/mol. The second-order valence-electron chi connectivity index (χ2n) is 6.06. The molecule has 0 saturated heterocycles. The number of aromatic amines is 1. The summed E-state index contributed by atoms with van der Waals surface area (Å²) in [6.07, 6.45) is 4.54. The van der Waals surface area contributed by atoms with Gasteiger partial charge in [0, 0.05) is 11.8 Å². The molecule has 0 aliphatic heterocycles. The number of carboxylic acids is 1. The van der Waals surface area contributed by atoms with E-state index in [1.165, 1.54) is 12.1 Å². The average Bonchev–Trinajstić information content (AvgIpc) is 3.02. The number of hydrogen-bond donors (Lipinski definition) is 2. The first-order valence-electron chi connectivity index (χ1n) is 8.42. The van der Waals surface area contributed by atoms with Crippen molar-refractivity contribution in [3.8, 4) is 11.5 Å². The lowest BCUT2D eigenvalue weighted by atomic mass is 10.1. The summed E-state index contributed by atoms with van der Waals surface area (Å²) in [7, 11) is 0. The fraction of sp³-hybridized carbons (Fsp3) is 0.333. The number of nitrogens with one attached hydrogen (secondary N) is 1. The van der Waals surface area contributed by atoms with Crippen molar-refractivity contribution < 1.29 is 18.7 Å². The lowest BCUT2D eigenvalue weighted by molar-refractivity contribution is -0.137. The van der Waals surface area contributed by atoms with Crippen molar-refractivity contribution in [3.05, 3.63) is 41.7 Å². The number of fused-ring (bicyclic) bond motifs is 1. The molecule has 0 atom stereocenters. The number of aryl methyl sites for hydroxylation is 1. The molecule has 2 N–H and O–H groups in total. The Hall–Kier alpha value is -2.90. The molecular formula is C18H18F2N4O2. The van der Waals surface area contributed by atoms with E-state index in [-0.39, 0.29) is 17.9 Å². The van der Waals surface area contributed by atoms with Crippen molar-refractivity contribution in [1.29, 1.82) is 0 Å². The van der Waals surface area contributed by atoms with Crippen LogP contribution >= 0.6 is 0 Å². The van der Waals surface area contributed by atoms with Gasteiger partial charge in [-0.1, -0.05) is 12.8 Å². The van der Waals surface area contributed by atoms with Crippen molar-refractivity contribution >= 4 is 16.9 Å². The van der Waals surface area contributed by atoms with Crippen LogP contribution in [0, 0.1) is 11.6 Å². The van der Waals surface area contributed by atoms with Gasteiger partial charge in [0.05, 0.1) is 17.4 Å². The van der Waals surface area contributed by atoms with E-state index in [4.69, 9.17) is 5.11 Å². The van der Waals surface area contributed by atoms with E-state index in [2.05, 4.69) is 20.2 Å². The summed E-state index contributed by atoms with van der Waals surface area (Å²) in [5.74, 6) is -1.46. The number of rotatable bonds is 8. The van der Waals surface area contributed by atoms with Crippen molar-refractivity contribution in [2.45, 2.75) is 38.5 Å². The van der Waals surface area contributed by atoms with Gasteiger partial charge in [-0.25, -0.2) is 18.7 Å². The van der Waals surface area contributed by atoms with Crippen LogP contribution in [0.5, 0.6) is 0 Å². The summed E-state index contributed by atoms with van der Waals surface area (Å²) >= 11 is 0. The molecule has 2 aromatic heterocycles. The molecule has 136 valence electrons. The van der Waals surface area contributed by atoms with Crippen molar-refractivity contribution in [2.75, 3.05) is 0 Å². The van der Waals surface area contributed by atoms with Crippen molar-refractivity contribution in [2.24, 2.45) is 0 Å². The summed E-state index contributed by atoms with van der Waals surface area (Å²) in [4.78, 5) is 18.7. The van der Waals surface area contributed by atoms with E-state index in [0.29, 0.717) is 35.9 Å². The number of aliphatic carboxylic acids is 1. The Morgan fingerprint density at radius 3 is 2.77 bits per heavy atom. The molecule has 0 radical (unpaired) electrons. The fourth-order valence-corrected chi connectivity index (χ4v) is 2.77. The fourth-order valence-electron chi connectivity index (χ4n) is 2.77. The molecule has 0 fully saturated rings. The monoisotopic (exact) mass is 360 g/mol. The smallest absolute Gasteiger partial charge is 0.303 e. The first-order chi connectivity index (χ1) is 12.5. The minimum absolute atomic E-state index is 0.148. The lowest BCUT2D eigenvalue weighted by Gasteiger charge is -2.04. The van der Waals surface area contributed by atoms with E-state index in [1.54, 1.807) is 6.07 Å². The van der Waals surface area contributed by atoms with Crippen molar-refractivity contribution in [3.63, 3.8) is 0 Å². The molecule has 0 saturated carbocycles. The number of benzene rings is 1. The molecule has 0 bridgehead atoms. The first-order valence-corrected chi connectivity index (χ1v) is 8.42. The molecule has 8 heteroatoms. The van der Waals surface area contributed by atoms with E-state index in [9.17, 15) is 13.6 Å². The lowest BCUT2D eigenvalue weighted by Crippen LogP contribution is -2.01. The van der Waals surface area contributed by atoms with E-state index in [1.807, 2.05) is 0 Å². The summed E-state index contributed by atoms with van der Waals surface area (Å²) in [6.45, 7) is 0. The molecule has 0 unspecified atom stereocenters. The molecule has 26 heavy (non-hydrogen) atoms. The third-order valence-corrected chi connectivity index (χ3v) is 4.11. The maximum atomic E-state index is 14.0. The van der Waals surface area contributed by atoms with Crippen LogP contribution in [0.25, 0.3) is 22.4 Å². The second kappa shape index (κ2) is 7.99. The minimum Gasteiger partial charge on any atom is -0.481 e. The number of carbonyl (C=O) groups is 1. The van der Waals surface area contributed by atoms with Crippen LogP contribution in [-0.2, 0) is 11.2 Å². The normalized spacial score (nSPS) is 11.2. The van der Waals surface area contributed by atoms with Gasteiger partial charge in [-0.3, -0.25) is 9.89 Å². The van der Waals surface area contributed by atoms with E-state index < -0.39 is 17.6 Å². The van der Waals surface area contributed by atoms with E-state index >= 15 is 0 Å². The van der Waals surface area contributed by atoms with Gasteiger partial charge in [0.15, 0.2) is 11.6 Å². The van der Waals surface area contributed by atoms with Gasteiger partial charge in [-0.15, -0.1) is 0 Å². The molecule has 6 nitrogen and oxygen atoms in total. The molecule has 0 spiro atoms. The Bertz CT molecular complexity index is 927. The van der Waals surface area contributed by atoms with Crippen molar-refractivity contribution in [1.82, 2.24) is 20.2 Å². The van der Waals surface area contributed by atoms with Gasteiger partial charge in [-0.05, 0) is 37.5 Å². The molecule has 3 rings (SSSR count). The topological polar surface area (TPSA) is 91.8 Å². The first kappa shape index (κ1) is 17.9. The number of hydrogen-bond acceptors (Lipinski definition) is 4. The Morgan fingerprint density at radius 2 is 1.96 bits per heavy atom. The Kier molecular flexibility index (Phi) is 5.50. The SMILES string of the molecule is O=C(O)CCCCCCc1nc(-c2n[nH]c3ccc(F)cc23)ncc1F. The van der Waals surface area contributed by atoms with Crippen LogP contribution in [0.2, 0.25) is 0 Å². The standard InChI is InChI=1S/C18H18F2N4O2/c19-11-7-8-14-12(9-11)17(24-23-14)18-21-10-13(20)15(22-18)5-3-1-2-4-6-16(25)26/h7-10H,1-6H2,(H,23,24)(H,25,26). The molecule has 3 aromatic rings. The van der Waals surface area contributed by atoms with Crippen LogP contribution in [0.1, 0.15) is 37.8 Å². The Balaban J connectivity index is 1.71. The second-order valence-corrected chi connectivity index (χ2v) is 6.06. The highest BCUT2D eigenvalue weighted by Crippen LogP contribution is 2.25. The largest absolute Gasteiger partial charge is 0.481 e. The van der Waals surface area contributed by atoms with Crippen LogP contribution in [0.15, 0.2) is 24.4 Å². The van der Waals surface area contributed by atoms with Gasteiger partial charge in [-0.2, -0.15) is 5.10 Å². The molecule has 2 heterocycles. The zero-order valence-corrected chi connectivity index (χ0v) is 14.0. The van der Waals surface area contributed by atoms with Gasteiger partial charge >= 0.3 is 5.97 Å². The number of halogens is 2. The Morgan fingerprint density at radius 1 is 1.15 bits per heavy atom. The molecular weight excluding hydrogens is 342 g/mol. The van der Waals surface area contributed by atoms with Crippen LogP contribution in [0.3, 0.4) is 0 Å². The van der Waals surface area contributed by atoms with E-state index in [0.717, 1.165) is 19.0 Å². The number of carboxylic acid groups (broad SMARTS) is 1. The molecule has 1 aromatic carbocycles. The third-order valence-electron chi connectivity index (χ3n) is 4.11. The van der Waals surface area contributed by atoms with Gasteiger partial charge in [0.1, 0.15) is 11.5 Å². The number of nitrogens with zero attached hydrogens (tertiary/aromatic N) is 3. The number of aromatic nitrogens is 4. The predicted octanol–water partition coefficient (Wildman–Crippen LogP) is 3.88. The Labute approximate surface area is 148 Å².